The van der Waals surface area contributed by atoms with Crippen LogP contribution in [-0.4, -0.2) is 25.6 Å². The van der Waals surface area contributed by atoms with Crippen molar-refractivity contribution in [2.45, 2.75) is 27.3 Å². The maximum absolute atomic E-state index is 10.9. The molecule has 2 aromatic rings. The van der Waals surface area contributed by atoms with E-state index < -0.39 is 0 Å². The van der Waals surface area contributed by atoms with E-state index in [2.05, 4.69) is 15.4 Å². The average molecular weight is 234 g/mol. The number of carbonyl (C=O) groups is 1. The zero-order valence-corrected chi connectivity index (χ0v) is 9.98. The van der Waals surface area contributed by atoms with Crippen LogP contribution < -0.4 is 5.32 Å². The van der Waals surface area contributed by atoms with E-state index in [1.165, 1.54) is 6.92 Å². The van der Waals surface area contributed by atoms with Gasteiger partial charge in [-0.15, -0.1) is 5.10 Å². The van der Waals surface area contributed by atoms with Crippen LogP contribution in [0.25, 0.3) is 5.65 Å². The van der Waals surface area contributed by atoms with Crippen LogP contribution in [-0.2, 0) is 11.3 Å². The number of hydrogen-bond donors (Lipinski definition) is 2. The van der Waals surface area contributed by atoms with Crippen molar-refractivity contribution in [3.8, 4) is 5.88 Å². The Balaban J connectivity index is 2.54. The van der Waals surface area contributed by atoms with Crippen molar-refractivity contribution in [2.24, 2.45) is 0 Å². The predicted octanol–water partition coefficient (Wildman–Crippen LogP) is 0.688. The van der Waals surface area contributed by atoms with Gasteiger partial charge in [-0.1, -0.05) is 0 Å². The smallest absolute Gasteiger partial charge is 0.238 e. The Morgan fingerprint density at radius 1 is 1.53 bits per heavy atom. The van der Waals surface area contributed by atoms with Crippen molar-refractivity contribution in [3.63, 3.8) is 0 Å². The molecule has 6 nitrogen and oxygen atoms in total. The van der Waals surface area contributed by atoms with Gasteiger partial charge in [-0.2, -0.15) is 0 Å². The summed E-state index contributed by atoms with van der Waals surface area (Å²) in [6.45, 7) is 5.41. The minimum atomic E-state index is -0.159. The number of carbonyl (C=O) groups excluding carboxylic acids is 1. The van der Waals surface area contributed by atoms with Crippen LogP contribution in [0.15, 0.2) is 6.07 Å². The lowest BCUT2D eigenvalue weighted by molar-refractivity contribution is -0.119. The summed E-state index contributed by atoms with van der Waals surface area (Å²) in [5.74, 6) is -0.256. The van der Waals surface area contributed by atoms with E-state index in [9.17, 15) is 9.90 Å². The second-order valence-electron chi connectivity index (χ2n) is 3.99. The van der Waals surface area contributed by atoms with Crippen LogP contribution in [0.4, 0.5) is 0 Å². The third-order valence-corrected chi connectivity index (χ3v) is 2.48. The normalized spacial score (nSPS) is 10.8. The van der Waals surface area contributed by atoms with Gasteiger partial charge in [0.1, 0.15) is 0 Å². The summed E-state index contributed by atoms with van der Waals surface area (Å²) >= 11 is 0. The molecule has 0 aliphatic heterocycles. The fourth-order valence-corrected chi connectivity index (χ4v) is 1.72. The highest BCUT2D eigenvalue weighted by atomic mass is 16.3. The SMILES string of the molecule is CC(=O)NCc1c(O)nn2c(C)cc(C)nc12. The average Bonchev–Trinajstić information content (AvgIpc) is 2.52. The van der Waals surface area contributed by atoms with Gasteiger partial charge in [0.2, 0.25) is 11.8 Å². The van der Waals surface area contributed by atoms with Crippen LogP contribution >= 0.6 is 0 Å². The summed E-state index contributed by atoms with van der Waals surface area (Å²) in [6, 6.07) is 1.88. The van der Waals surface area contributed by atoms with Crippen LogP contribution in [0.1, 0.15) is 23.9 Å². The van der Waals surface area contributed by atoms with E-state index in [1.807, 2.05) is 19.9 Å². The second-order valence-corrected chi connectivity index (χ2v) is 3.99. The van der Waals surface area contributed by atoms with E-state index in [4.69, 9.17) is 0 Å². The number of rotatable bonds is 2. The molecule has 0 aromatic carbocycles. The van der Waals surface area contributed by atoms with Crippen molar-refractivity contribution >= 4 is 11.6 Å². The number of fused-ring (bicyclic) bond motifs is 1. The molecular formula is C11H14N4O2. The van der Waals surface area contributed by atoms with Gasteiger partial charge in [-0.05, 0) is 19.9 Å². The number of aromatic nitrogens is 3. The first-order valence-corrected chi connectivity index (χ1v) is 5.28. The molecule has 2 N–H and O–H groups in total. The molecule has 0 saturated heterocycles. The van der Waals surface area contributed by atoms with Gasteiger partial charge in [0.05, 0.1) is 12.1 Å². The molecule has 0 saturated carbocycles. The fourth-order valence-electron chi connectivity index (χ4n) is 1.72. The van der Waals surface area contributed by atoms with E-state index in [0.29, 0.717) is 11.2 Å². The minimum absolute atomic E-state index is 0.0973. The van der Waals surface area contributed by atoms with E-state index in [0.717, 1.165) is 11.4 Å². The largest absolute Gasteiger partial charge is 0.492 e. The summed E-state index contributed by atoms with van der Waals surface area (Å²) in [4.78, 5) is 15.2. The van der Waals surface area contributed by atoms with E-state index >= 15 is 0 Å². The maximum atomic E-state index is 10.9. The molecule has 0 fully saturated rings. The molecule has 0 radical (unpaired) electrons. The Kier molecular flexibility index (Phi) is 2.71. The topological polar surface area (TPSA) is 79.5 Å². The molecular weight excluding hydrogens is 220 g/mol. The molecule has 2 heterocycles. The van der Waals surface area contributed by atoms with E-state index in [-0.39, 0.29) is 18.3 Å². The molecule has 17 heavy (non-hydrogen) atoms. The summed E-state index contributed by atoms with van der Waals surface area (Å²) in [6.07, 6.45) is 0. The molecule has 6 heteroatoms. The zero-order chi connectivity index (χ0) is 12.6. The second kappa shape index (κ2) is 4.04. The van der Waals surface area contributed by atoms with E-state index in [1.54, 1.807) is 4.52 Å². The number of nitrogens with one attached hydrogen (secondary N) is 1. The van der Waals surface area contributed by atoms with Crippen molar-refractivity contribution < 1.29 is 9.90 Å². The fraction of sp³-hybridized carbons (Fsp3) is 0.364. The third kappa shape index (κ3) is 2.06. The molecule has 0 bridgehead atoms. The van der Waals surface area contributed by atoms with Gasteiger partial charge in [0, 0.05) is 18.3 Å². The predicted molar refractivity (Wildman–Crippen MR) is 61.6 cm³/mol. The molecule has 0 aliphatic rings. The third-order valence-electron chi connectivity index (χ3n) is 2.48. The Morgan fingerprint density at radius 3 is 2.88 bits per heavy atom. The van der Waals surface area contributed by atoms with Crippen molar-refractivity contribution in [1.29, 1.82) is 0 Å². The van der Waals surface area contributed by atoms with Crippen molar-refractivity contribution in [1.82, 2.24) is 19.9 Å². The molecule has 0 spiro atoms. The summed E-state index contributed by atoms with van der Waals surface area (Å²) in [5.41, 5.74) is 2.84. The lowest BCUT2D eigenvalue weighted by Crippen LogP contribution is -2.19. The molecule has 2 aromatic heterocycles. The van der Waals surface area contributed by atoms with Gasteiger partial charge in [0.25, 0.3) is 0 Å². The number of aryl methyl sites for hydroxylation is 2. The summed E-state index contributed by atoms with van der Waals surface area (Å²) in [7, 11) is 0. The molecule has 0 unspecified atom stereocenters. The lowest BCUT2D eigenvalue weighted by Gasteiger charge is -2.02. The summed E-state index contributed by atoms with van der Waals surface area (Å²) < 4.78 is 1.57. The summed E-state index contributed by atoms with van der Waals surface area (Å²) in [5, 5.41) is 16.4. The highest BCUT2D eigenvalue weighted by Crippen LogP contribution is 2.21. The van der Waals surface area contributed by atoms with Gasteiger partial charge < -0.3 is 10.4 Å². The van der Waals surface area contributed by atoms with Gasteiger partial charge in [0.15, 0.2) is 5.65 Å². The molecule has 0 atom stereocenters. The molecule has 1 amide bonds. The monoisotopic (exact) mass is 234 g/mol. The van der Waals surface area contributed by atoms with Gasteiger partial charge >= 0.3 is 0 Å². The Labute approximate surface area is 98.3 Å². The van der Waals surface area contributed by atoms with Gasteiger partial charge in [-0.3, -0.25) is 4.79 Å². The molecule has 2 rings (SSSR count). The number of amides is 1. The highest BCUT2D eigenvalue weighted by Gasteiger charge is 2.14. The van der Waals surface area contributed by atoms with Crippen molar-refractivity contribution in [2.75, 3.05) is 0 Å². The minimum Gasteiger partial charge on any atom is -0.492 e. The lowest BCUT2D eigenvalue weighted by atomic mass is 10.3. The Hall–Kier alpha value is -2.11. The standard InChI is InChI=1S/C11H14N4O2/c1-6-4-7(2)15-10(13-6)9(11(17)14-15)5-12-8(3)16/h4H,5H2,1-3H3,(H,12,16)(H,14,17). The number of nitrogens with zero attached hydrogens (tertiary/aromatic N) is 3. The first-order valence-electron chi connectivity index (χ1n) is 5.28. The van der Waals surface area contributed by atoms with Crippen LogP contribution in [0.3, 0.4) is 0 Å². The number of aromatic hydroxyl groups is 1. The first kappa shape index (κ1) is 11.4. The Morgan fingerprint density at radius 2 is 2.24 bits per heavy atom. The van der Waals surface area contributed by atoms with Gasteiger partial charge in [-0.25, -0.2) is 9.50 Å². The Bertz CT molecular complexity index is 589. The highest BCUT2D eigenvalue weighted by molar-refractivity contribution is 5.73. The van der Waals surface area contributed by atoms with Crippen LogP contribution in [0.5, 0.6) is 5.88 Å². The van der Waals surface area contributed by atoms with Crippen molar-refractivity contribution in [3.05, 3.63) is 23.0 Å². The van der Waals surface area contributed by atoms with Crippen LogP contribution in [0, 0.1) is 13.8 Å². The first-order chi connectivity index (χ1) is 7.99. The maximum Gasteiger partial charge on any atom is 0.238 e. The van der Waals surface area contributed by atoms with Crippen LogP contribution in [0.2, 0.25) is 0 Å². The molecule has 0 aliphatic carbocycles. The zero-order valence-electron chi connectivity index (χ0n) is 9.98. The molecule has 90 valence electrons. The quantitative estimate of drug-likeness (QED) is 0.801. The number of hydrogen-bond acceptors (Lipinski definition) is 4.